The van der Waals surface area contributed by atoms with Gasteiger partial charge in [-0.1, -0.05) is 5.16 Å². The van der Waals surface area contributed by atoms with E-state index in [-0.39, 0.29) is 11.8 Å². The number of hydrogen-bond donors (Lipinski definition) is 0. The highest BCUT2D eigenvalue weighted by molar-refractivity contribution is 7.89. The summed E-state index contributed by atoms with van der Waals surface area (Å²) in [6.07, 6.45) is 3.96. The van der Waals surface area contributed by atoms with Crippen molar-refractivity contribution in [1.29, 1.82) is 0 Å². The van der Waals surface area contributed by atoms with Crippen LogP contribution in [0, 0.1) is 6.92 Å². The van der Waals surface area contributed by atoms with Crippen LogP contribution in [0.15, 0.2) is 4.52 Å². The largest absolute Gasteiger partial charge is 0.340 e. The molecule has 21 heavy (non-hydrogen) atoms. The first-order valence-electron chi connectivity index (χ1n) is 7.58. The summed E-state index contributed by atoms with van der Waals surface area (Å²) in [7, 11) is -3.27. The van der Waals surface area contributed by atoms with Crippen molar-refractivity contribution in [3.63, 3.8) is 0 Å². The first-order chi connectivity index (χ1) is 10.1. The topological polar surface area (TPSA) is 79.5 Å². The number of likely N-dealkylation sites (tertiary alicyclic amines) is 1. The number of nitrogens with zero attached hydrogens (tertiary/aromatic N) is 4. The molecule has 0 saturated carbocycles. The number of aromatic nitrogens is 2. The minimum absolute atomic E-state index is 0.181. The molecule has 1 aromatic heterocycles. The van der Waals surface area contributed by atoms with E-state index in [4.69, 9.17) is 4.52 Å². The van der Waals surface area contributed by atoms with Crippen LogP contribution in [0.1, 0.15) is 43.4 Å². The standard InChI is InChI=1S/C13H22N4O3S/c1-11-14-13(15-20-11)12-5-4-8-17(12)21(18,19)10-9-16-6-2-3-7-16/h12H,2-10H2,1H3/t12-/m0/s1. The van der Waals surface area contributed by atoms with Gasteiger partial charge < -0.3 is 9.42 Å². The maximum atomic E-state index is 12.6. The van der Waals surface area contributed by atoms with Gasteiger partial charge in [-0.05, 0) is 38.8 Å². The van der Waals surface area contributed by atoms with E-state index in [2.05, 4.69) is 15.0 Å². The van der Waals surface area contributed by atoms with Gasteiger partial charge in [-0.15, -0.1) is 0 Å². The minimum atomic E-state index is -3.27. The van der Waals surface area contributed by atoms with Gasteiger partial charge >= 0.3 is 0 Å². The van der Waals surface area contributed by atoms with Crippen LogP contribution >= 0.6 is 0 Å². The summed E-state index contributed by atoms with van der Waals surface area (Å²) in [4.78, 5) is 6.42. The van der Waals surface area contributed by atoms with Crippen molar-refractivity contribution in [3.8, 4) is 0 Å². The normalized spacial score (nSPS) is 24.9. The van der Waals surface area contributed by atoms with Crippen molar-refractivity contribution in [3.05, 3.63) is 11.7 Å². The van der Waals surface area contributed by atoms with Crippen LogP contribution in [0.3, 0.4) is 0 Å². The number of hydrogen-bond acceptors (Lipinski definition) is 6. The van der Waals surface area contributed by atoms with E-state index in [0.29, 0.717) is 24.8 Å². The number of rotatable bonds is 5. The van der Waals surface area contributed by atoms with Gasteiger partial charge in [0.15, 0.2) is 5.82 Å². The fourth-order valence-corrected chi connectivity index (χ4v) is 4.87. The predicted octanol–water partition coefficient (Wildman–Crippen LogP) is 0.941. The van der Waals surface area contributed by atoms with Crippen LogP contribution in [-0.2, 0) is 10.0 Å². The highest BCUT2D eigenvalue weighted by atomic mass is 32.2. The Morgan fingerprint density at radius 3 is 2.67 bits per heavy atom. The maximum Gasteiger partial charge on any atom is 0.223 e. The smallest absolute Gasteiger partial charge is 0.223 e. The van der Waals surface area contributed by atoms with Crippen LogP contribution in [0.25, 0.3) is 0 Å². The first-order valence-corrected chi connectivity index (χ1v) is 9.19. The molecule has 1 atom stereocenters. The van der Waals surface area contributed by atoms with E-state index in [1.165, 1.54) is 12.8 Å². The lowest BCUT2D eigenvalue weighted by atomic mass is 10.2. The summed E-state index contributed by atoms with van der Waals surface area (Å²) >= 11 is 0. The number of sulfonamides is 1. The highest BCUT2D eigenvalue weighted by Gasteiger charge is 2.37. The molecule has 0 amide bonds. The van der Waals surface area contributed by atoms with E-state index < -0.39 is 10.0 Å². The van der Waals surface area contributed by atoms with Crippen molar-refractivity contribution >= 4 is 10.0 Å². The van der Waals surface area contributed by atoms with Gasteiger partial charge in [-0.2, -0.15) is 9.29 Å². The second kappa shape index (κ2) is 6.02. The molecule has 2 aliphatic rings. The molecular weight excluding hydrogens is 292 g/mol. The monoisotopic (exact) mass is 314 g/mol. The van der Waals surface area contributed by atoms with Crippen molar-refractivity contribution < 1.29 is 12.9 Å². The molecule has 0 aromatic carbocycles. The van der Waals surface area contributed by atoms with Gasteiger partial charge in [-0.3, -0.25) is 0 Å². The van der Waals surface area contributed by atoms with Gasteiger partial charge in [-0.25, -0.2) is 8.42 Å². The fourth-order valence-electron chi connectivity index (χ4n) is 3.15. The molecule has 3 heterocycles. The van der Waals surface area contributed by atoms with Gasteiger partial charge in [0.05, 0.1) is 11.8 Å². The zero-order valence-electron chi connectivity index (χ0n) is 12.4. The molecular formula is C13H22N4O3S. The molecule has 118 valence electrons. The quantitative estimate of drug-likeness (QED) is 0.805. The molecule has 2 aliphatic heterocycles. The van der Waals surface area contributed by atoms with E-state index in [0.717, 1.165) is 25.9 Å². The summed E-state index contributed by atoms with van der Waals surface area (Å²) in [6, 6.07) is -0.258. The molecule has 2 fully saturated rings. The van der Waals surface area contributed by atoms with E-state index in [9.17, 15) is 8.42 Å². The molecule has 3 rings (SSSR count). The highest BCUT2D eigenvalue weighted by Crippen LogP contribution is 2.32. The molecule has 0 radical (unpaired) electrons. The minimum Gasteiger partial charge on any atom is -0.340 e. The van der Waals surface area contributed by atoms with Gasteiger partial charge in [0.25, 0.3) is 0 Å². The van der Waals surface area contributed by atoms with Crippen LogP contribution in [0.2, 0.25) is 0 Å². The molecule has 8 heteroatoms. The fraction of sp³-hybridized carbons (Fsp3) is 0.846. The van der Waals surface area contributed by atoms with Gasteiger partial charge in [0, 0.05) is 20.0 Å². The molecule has 0 spiro atoms. The second-order valence-corrected chi connectivity index (χ2v) is 7.85. The Kier molecular flexibility index (Phi) is 4.28. The van der Waals surface area contributed by atoms with Gasteiger partial charge in [0.1, 0.15) is 0 Å². The van der Waals surface area contributed by atoms with Crippen LogP contribution < -0.4 is 0 Å². The third-order valence-corrected chi connectivity index (χ3v) is 6.12. The zero-order valence-corrected chi connectivity index (χ0v) is 13.2. The Labute approximate surface area is 125 Å². The van der Waals surface area contributed by atoms with Crippen LogP contribution in [-0.4, -0.2) is 59.7 Å². The molecule has 0 unspecified atom stereocenters. The summed E-state index contributed by atoms with van der Waals surface area (Å²) in [5.74, 6) is 1.15. The van der Waals surface area contributed by atoms with Crippen molar-refractivity contribution in [1.82, 2.24) is 19.3 Å². The van der Waals surface area contributed by atoms with Gasteiger partial charge in [0.2, 0.25) is 15.9 Å². The lowest BCUT2D eigenvalue weighted by Gasteiger charge is -2.23. The third-order valence-electron chi connectivity index (χ3n) is 4.27. The molecule has 2 saturated heterocycles. The van der Waals surface area contributed by atoms with Crippen molar-refractivity contribution in [2.45, 2.75) is 38.6 Å². The maximum absolute atomic E-state index is 12.6. The Morgan fingerprint density at radius 1 is 1.24 bits per heavy atom. The lowest BCUT2D eigenvalue weighted by Crippen LogP contribution is -2.37. The predicted molar refractivity (Wildman–Crippen MR) is 77.2 cm³/mol. The molecule has 0 aliphatic carbocycles. The first kappa shape index (κ1) is 14.9. The summed E-state index contributed by atoms with van der Waals surface area (Å²) in [5.41, 5.74) is 0. The molecule has 0 N–H and O–H groups in total. The van der Waals surface area contributed by atoms with E-state index >= 15 is 0 Å². The summed E-state index contributed by atoms with van der Waals surface area (Å²) < 4.78 is 31.7. The second-order valence-electron chi connectivity index (χ2n) is 5.81. The third kappa shape index (κ3) is 3.27. The van der Waals surface area contributed by atoms with Crippen molar-refractivity contribution in [2.75, 3.05) is 31.9 Å². The Morgan fingerprint density at radius 2 is 2.00 bits per heavy atom. The molecule has 1 aromatic rings. The zero-order chi connectivity index (χ0) is 14.9. The summed E-state index contributed by atoms with van der Waals surface area (Å²) in [5, 5.41) is 3.90. The molecule has 0 bridgehead atoms. The average Bonchev–Trinajstić information content (AvgIpc) is 3.17. The lowest BCUT2D eigenvalue weighted by molar-refractivity contribution is 0.337. The Bertz CT molecular complexity index is 580. The SMILES string of the molecule is Cc1nc([C@@H]2CCCN2S(=O)(=O)CCN2CCCC2)no1. The van der Waals surface area contributed by atoms with E-state index in [1.807, 2.05) is 0 Å². The Balaban J connectivity index is 1.68. The Hall–Kier alpha value is -0.990. The van der Waals surface area contributed by atoms with E-state index in [1.54, 1.807) is 11.2 Å². The number of aryl methyl sites for hydroxylation is 1. The van der Waals surface area contributed by atoms with Crippen LogP contribution in [0.4, 0.5) is 0 Å². The molecule has 7 nitrogen and oxygen atoms in total. The summed E-state index contributed by atoms with van der Waals surface area (Å²) in [6.45, 7) is 4.93. The average molecular weight is 314 g/mol. The van der Waals surface area contributed by atoms with Crippen LogP contribution in [0.5, 0.6) is 0 Å². The van der Waals surface area contributed by atoms with Crippen molar-refractivity contribution in [2.24, 2.45) is 0 Å².